The van der Waals surface area contributed by atoms with Crippen molar-refractivity contribution in [2.45, 2.75) is 143 Å². The smallest absolute Gasteiger partial charge is 0.416 e. The van der Waals surface area contributed by atoms with Crippen LogP contribution < -0.4 is 24.4 Å². The van der Waals surface area contributed by atoms with Crippen molar-refractivity contribution in [1.29, 1.82) is 0 Å². The number of hydrogen-bond acceptors (Lipinski definition) is 16. The number of Topliss-reactive ketones (excluding diaryl/α,β-unsaturated/α-hetero) is 2. The van der Waals surface area contributed by atoms with E-state index in [-0.39, 0.29) is 129 Å². The molecule has 0 radical (unpaired) electrons. The van der Waals surface area contributed by atoms with Gasteiger partial charge in [-0.05, 0) is 114 Å². The van der Waals surface area contributed by atoms with Gasteiger partial charge < -0.3 is 44.3 Å². The van der Waals surface area contributed by atoms with Crippen LogP contribution in [0, 0.1) is 18.8 Å². The van der Waals surface area contributed by atoms with E-state index in [1.807, 2.05) is 74.4 Å². The third kappa shape index (κ3) is 14.4. The van der Waals surface area contributed by atoms with E-state index in [1.165, 1.54) is 41.9 Å². The monoisotopic (exact) mass is 1260 g/mol. The van der Waals surface area contributed by atoms with Gasteiger partial charge >= 0.3 is 6.09 Å². The Morgan fingerprint density at radius 2 is 1.32 bits per heavy atom. The number of ether oxygens (including phenoxy) is 4. The first-order chi connectivity index (χ1) is 44.8. The summed E-state index contributed by atoms with van der Waals surface area (Å²) < 4.78 is 24.5. The zero-order chi connectivity index (χ0) is 65.6. The first kappa shape index (κ1) is 64.7. The predicted molar refractivity (Wildman–Crippen MR) is 342 cm³/mol. The lowest BCUT2D eigenvalue weighted by atomic mass is 9.88. The SMILES string of the molecule is COc1cc2c(cc1OCc1cc(CO)cc(COc3cc4c(cc3C)C(=O)N3Cc5ccccc5C[C@H]3C=N4)n1)N(C(=O)OCc1ccc(CC(=O)[C@H](C)NC(=O)[C@@H](CC(=O)CCCCCN3C(=O)C=CC3=O)C(C)C)cc1)C(O)[C@@H]1Cc3ccccc3CN1C2=O. The van der Waals surface area contributed by atoms with E-state index >= 15 is 0 Å². The van der Waals surface area contributed by atoms with Gasteiger partial charge in [0.2, 0.25) is 5.91 Å². The van der Waals surface area contributed by atoms with Crippen molar-refractivity contribution in [3.05, 3.63) is 188 Å². The molecule has 1 aromatic heterocycles. The van der Waals surface area contributed by atoms with E-state index in [1.54, 1.807) is 60.4 Å². The summed E-state index contributed by atoms with van der Waals surface area (Å²) >= 11 is 0. The quantitative estimate of drug-likeness (QED) is 0.0378. The van der Waals surface area contributed by atoms with Crippen LogP contribution in [0.15, 0.2) is 126 Å². The van der Waals surface area contributed by atoms with Gasteiger partial charge in [0.25, 0.3) is 23.6 Å². The van der Waals surface area contributed by atoms with Gasteiger partial charge in [0.15, 0.2) is 23.5 Å². The highest BCUT2D eigenvalue weighted by Crippen LogP contribution is 2.43. The van der Waals surface area contributed by atoms with Crippen molar-refractivity contribution in [2.75, 3.05) is 18.6 Å². The number of carbonyl (C=O) groups excluding carboxylic acids is 8. The molecule has 6 amide bonds. The summed E-state index contributed by atoms with van der Waals surface area (Å²) in [5.41, 5.74) is 8.43. The summed E-state index contributed by atoms with van der Waals surface area (Å²) in [6.45, 7) is 7.31. The number of fused-ring (bicyclic) bond motifs is 6. The molecule has 0 fully saturated rings. The topological polar surface area (TPSA) is 264 Å². The van der Waals surface area contributed by atoms with Crippen molar-refractivity contribution in [3.63, 3.8) is 0 Å². The number of unbranched alkanes of at least 4 members (excludes halogenated alkanes) is 2. The molecule has 5 aliphatic heterocycles. The van der Waals surface area contributed by atoms with Gasteiger partial charge in [-0.15, -0.1) is 0 Å². The Bertz CT molecular complexity index is 3960. The minimum absolute atomic E-state index is 0.000302. The maximum Gasteiger partial charge on any atom is 0.416 e. The fraction of sp³-hybridized carbons (Fsp3) is 0.361. The molecule has 5 aliphatic rings. The van der Waals surface area contributed by atoms with Crippen molar-refractivity contribution < 1.29 is 67.5 Å². The number of nitrogens with zero attached hydrogens (tertiary/aromatic N) is 6. The van der Waals surface area contributed by atoms with Gasteiger partial charge in [-0.1, -0.05) is 93.1 Å². The summed E-state index contributed by atoms with van der Waals surface area (Å²) in [4.78, 5) is 122. The Morgan fingerprint density at radius 1 is 0.688 bits per heavy atom. The number of aryl methyl sites for hydroxylation is 1. The average Bonchev–Trinajstić information content (AvgIpc) is 1.65. The molecular formula is C72H75N7O14. The fourth-order valence-corrected chi connectivity index (χ4v) is 12.6. The molecule has 21 heteroatoms. The predicted octanol–water partition coefficient (Wildman–Crippen LogP) is 8.71. The van der Waals surface area contributed by atoms with E-state index in [4.69, 9.17) is 28.9 Å². The molecule has 0 aliphatic carbocycles. The van der Waals surface area contributed by atoms with Crippen molar-refractivity contribution in [1.82, 2.24) is 25.0 Å². The number of methoxy groups -OCH3 is 1. The maximum absolute atomic E-state index is 14.8. The summed E-state index contributed by atoms with van der Waals surface area (Å²) in [5.74, 6) is -2.07. The summed E-state index contributed by atoms with van der Waals surface area (Å²) in [6, 6.07) is 30.5. The van der Waals surface area contributed by atoms with Crippen LogP contribution in [0.4, 0.5) is 16.2 Å². The number of carbonyl (C=O) groups is 8. The number of pyridine rings is 1. The Hall–Kier alpha value is -9.86. The third-order valence-electron chi connectivity index (χ3n) is 17.9. The minimum Gasteiger partial charge on any atom is -0.493 e. The van der Waals surface area contributed by atoms with E-state index < -0.39 is 42.1 Å². The number of ketones is 2. The molecule has 11 rings (SSSR count). The number of aliphatic imine (C=N–C) groups is 1. The molecule has 482 valence electrons. The summed E-state index contributed by atoms with van der Waals surface area (Å²) in [6.07, 6.45) is 4.62. The number of aliphatic hydroxyl groups is 2. The van der Waals surface area contributed by atoms with Crippen LogP contribution in [0.5, 0.6) is 17.2 Å². The van der Waals surface area contributed by atoms with E-state index in [9.17, 15) is 48.6 Å². The molecule has 1 unspecified atom stereocenters. The van der Waals surface area contributed by atoms with Crippen LogP contribution >= 0.6 is 0 Å². The van der Waals surface area contributed by atoms with Crippen LogP contribution in [-0.2, 0) is 87.5 Å². The Balaban J connectivity index is 0.743. The lowest BCUT2D eigenvalue weighted by Crippen LogP contribution is -2.55. The highest BCUT2D eigenvalue weighted by molar-refractivity contribution is 6.13. The highest BCUT2D eigenvalue weighted by Gasteiger charge is 2.46. The first-order valence-electron chi connectivity index (χ1n) is 31.5. The second-order valence-corrected chi connectivity index (χ2v) is 24.7. The molecule has 0 saturated heterocycles. The molecule has 5 aromatic carbocycles. The maximum atomic E-state index is 14.8. The second-order valence-electron chi connectivity index (χ2n) is 24.7. The molecule has 6 aromatic rings. The molecule has 3 N–H and O–H groups in total. The normalized spacial score (nSPS) is 17.7. The molecule has 0 spiro atoms. The Labute approximate surface area is 539 Å². The molecule has 5 atom stereocenters. The van der Waals surface area contributed by atoms with Gasteiger partial charge in [-0.25, -0.2) is 9.69 Å². The second kappa shape index (κ2) is 28.3. The molecule has 21 nitrogen and oxygen atoms in total. The zero-order valence-electron chi connectivity index (χ0n) is 52.7. The van der Waals surface area contributed by atoms with E-state index in [2.05, 4.69) is 11.4 Å². The lowest BCUT2D eigenvalue weighted by molar-refractivity contribution is -0.137. The molecule has 0 bridgehead atoms. The first-order valence-corrected chi connectivity index (χ1v) is 31.5. The number of rotatable bonds is 24. The fourth-order valence-electron chi connectivity index (χ4n) is 12.6. The number of amides is 6. The third-order valence-corrected chi connectivity index (χ3v) is 17.9. The van der Waals surface area contributed by atoms with Crippen LogP contribution in [0.2, 0.25) is 0 Å². The number of hydrogen-bond donors (Lipinski definition) is 3. The molecule has 6 heterocycles. The minimum atomic E-state index is -1.60. The van der Waals surface area contributed by atoms with Crippen molar-refractivity contribution in [3.8, 4) is 17.2 Å². The highest BCUT2D eigenvalue weighted by atomic mass is 16.6. The number of benzene rings is 5. The van der Waals surface area contributed by atoms with E-state index in [0.717, 1.165) is 27.2 Å². The molecular weight excluding hydrogens is 1190 g/mol. The van der Waals surface area contributed by atoms with Crippen LogP contribution in [0.3, 0.4) is 0 Å². The van der Waals surface area contributed by atoms with Gasteiger partial charge in [-0.2, -0.15) is 0 Å². The number of nitrogens with one attached hydrogen (secondary N) is 1. The van der Waals surface area contributed by atoms with Gasteiger partial charge in [0, 0.05) is 75.3 Å². The van der Waals surface area contributed by atoms with Crippen molar-refractivity contribution in [2.24, 2.45) is 16.8 Å². The largest absolute Gasteiger partial charge is 0.493 e. The Kier molecular flexibility index (Phi) is 19.7. The average molecular weight is 1260 g/mol. The standard InChI is InChI=1S/C72H75N7O14/c1-42(2)56(31-55(81)17-7-6-12-24-76-66(83)22-23-67(76)84)68(85)74-44(4)62(82)28-45-18-20-46(21-19-45)39-93-72(89)79-60-34-65(64(90-5)32-58(60)70(87)78-37-51-16-11-9-14-49(51)30-61(78)71(79)88)92-41-53-27-47(38-80)26-52(75-53)40-91-63-33-59-57(25-43(63)3)69(86)77-36-50-15-10-8-13-48(50)29-54(77)35-73-59/h8-11,13-16,18-23,25-27,32-35,42,44,54,56,61,71,80,88H,6-7,12,17,24,28-31,36-41H2,1-5H3,(H,74,85)/t44-,54-,56-,61-,71?/m0/s1. The van der Waals surface area contributed by atoms with E-state index in [0.29, 0.717) is 77.3 Å². The van der Waals surface area contributed by atoms with Crippen LogP contribution in [0.25, 0.3) is 0 Å². The number of aromatic nitrogens is 1. The van der Waals surface area contributed by atoms with Crippen LogP contribution in [0.1, 0.15) is 129 Å². The zero-order valence-corrected chi connectivity index (χ0v) is 52.7. The number of aliphatic hydroxyl groups excluding tert-OH is 2. The van der Waals surface area contributed by atoms with Crippen LogP contribution in [-0.4, -0.2) is 121 Å². The number of anilines is 1. The van der Waals surface area contributed by atoms with Crippen molar-refractivity contribution >= 4 is 64.8 Å². The van der Waals surface area contributed by atoms with Gasteiger partial charge in [0.1, 0.15) is 31.4 Å². The van der Waals surface area contributed by atoms with Gasteiger partial charge in [-0.3, -0.25) is 48.4 Å². The number of imide groups is 1. The molecule has 0 saturated carbocycles. The lowest BCUT2D eigenvalue weighted by Gasteiger charge is -2.39. The summed E-state index contributed by atoms with van der Waals surface area (Å²) in [5, 5.41) is 25.6. The summed E-state index contributed by atoms with van der Waals surface area (Å²) in [7, 11) is 1.42. The van der Waals surface area contributed by atoms with Gasteiger partial charge in [0.05, 0.1) is 65.7 Å². The molecule has 93 heavy (non-hydrogen) atoms. The Morgan fingerprint density at radius 3 is 1.99 bits per heavy atom.